The largest absolute Gasteiger partial charge is 0.262 e. The lowest BCUT2D eigenvalue weighted by Gasteiger charge is -1.98. The van der Waals surface area contributed by atoms with Gasteiger partial charge >= 0.3 is 0 Å². The summed E-state index contributed by atoms with van der Waals surface area (Å²) < 4.78 is 0. The van der Waals surface area contributed by atoms with Crippen LogP contribution in [0.5, 0.6) is 0 Å². The van der Waals surface area contributed by atoms with E-state index in [1.165, 1.54) is 87.0 Å². The van der Waals surface area contributed by atoms with Crippen LogP contribution in [0.3, 0.4) is 0 Å². The molecule has 0 aliphatic rings. The fourth-order valence-corrected chi connectivity index (χ4v) is 5.14. The number of aromatic nitrogens is 6. The molecule has 0 N–H and O–H groups in total. The molecule has 0 bridgehead atoms. The molecule has 0 aliphatic carbocycles. The second-order valence-electron chi connectivity index (χ2n) is 13.6. The Hall–Kier alpha value is -5.10. The molecule has 6 aromatic heterocycles. The van der Waals surface area contributed by atoms with E-state index in [2.05, 4.69) is 94.9 Å². The van der Waals surface area contributed by atoms with E-state index >= 15 is 0 Å². The van der Waals surface area contributed by atoms with Crippen molar-refractivity contribution in [2.75, 3.05) is 0 Å². The Bertz CT molecular complexity index is 1640. The number of hydrogen-bond acceptors (Lipinski definition) is 6. The summed E-state index contributed by atoms with van der Waals surface area (Å²) in [5, 5.41) is 0. The van der Waals surface area contributed by atoms with E-state index in [1.807, 2.05) is 117 Å². The van der Waals surface area contributed by atoms with Gasteiger partial charge in [0.2, 0.25) is 0 Å². The van der Waals surface area contributed by atoms with E-state index in [1.54, 1.807) is 6.20 Å². The molecule has 0 amide bonds. The zero-order valence-electron chi connectivity index (χ0n) is 36.1. The van der Waals surface area contributed by atoms with Crippen LogP contribution >= 0.6 is 0 Å². The fraction of sp³-hybridized carbons (Fsp3) is 0.412. The van der Waals surface area contributed by atoms with Gasteiger partial charge in [0.25, 0.3) is 0 Å². The van der Waals surface area contributed by atoms with Gasteiger partial charge in [0, 0.05) is 71.3 Å². The lowest BCUT2D eigenvalue weighted by atomic mass is 10.1. The Balaban J connectivity index is 0.000000345. The maximum Gasteiger partial charge on any atom is 0.0403 e. The van der Waals surface area contributed by atoms with E-state index in [0.717, 1.165) is 43.5 Å². The van der Waals surface area contributed by atoms with E-state index < -0.39 is 0 Å². The van der Waals surface area contributed by atoms with Gasteiger partial charge in [-0.1, -0.05) is 116 Å². The van der Waals surface area contributed by atoms with Crippen LogP contribution in [-0.4, -0.2) is 29.9 Å². The third-order valence-electron chi connectivity index (χ3n) is 8.42. The highest BCUT2D eigenvalue weighted by molar-refractivity contribution is 5.06. The maximum atomic E-state index is 4.28. The van der Waals surface area contributed by atoms with Crippen LogP contribution in [-0.2, 0) is 32.1 Å². The summed E-state index contributed by atoms with van der Waals surface area (Å²) >= 11 is 0. The topological polar surface area (TPSA) is 77.3 Å². The van der Waals surface area contributed by atoms with E-state index in [4.69, 9.17) is 0 Å². The second-order valence-corrected chi connectivity index (χ2v) is 13.6. The average molecular weight is 769 g/mol. The highest BCUT2D eigenvalue weighted by atomic mass is 14.7. The van der Waals surface area contributed by atoms with Crippen molar-refractivity contribution in [2.45, 2.75) is 138 Å². The normalized spacial score (nSPS) is 9.58. The lowest BCUT2D eigenvalue weighted by molar-refractivity contribution is 0.660. The SMILES string of the molecule is CCCCCCc1ccccn1.CCCCCc1ccccn1.CCCCc1ccccn1.CCCc1ccccn1.CCc1ccccn1.Cc1ccccn1. The van der Waals surface area contributed by atoms with E-state index in [9.17, 15) is 0 Å². The van der Waals surface area contributed by atoms with Crippen molar-refractivity contribution in [1.29, 1.82) is 0 Å². The number of rotatable bonds is 15. The van der Waals surface area contributed by atoms with Gasteiger partial charge in [-0.3, -0.25) is 29.9 Å². The van der Waals surface area contributed by atoms with Crippen LogP contribution in [0.2, 0.25) is 0 Å². The van der Waals surface area contributed by atoms with Gasteiger partial charge in [-0.15, -0.1) is 0 Å². The van der Waals surface area contributed by atoms with Crippen molar-refractivity contribution in [3.63, 3.8) is 0 Å². The smallest absolute Gasteiger partial charge is 0.0403 e. The molecule has 6 heteroatoms. The first-order chi connectivity index (χ1) is 28.1. The summed E-state index contributed by atoms with van der Waals surface area (Å²) in [5.41, 5.74) is 7.09. The van der Waals surface area contributed by atoms with Crippen LogP contribution in [0, 0.1) is 6.92 Å². The molecule has 306 valence electrons. The molecule has 0 fully saturated rings. The summed E-state index contributed by atoms with van der Waals surface area (Å²) in [6, 6.07) is 36.2. The van der Waals surface area contributed by atoms with Crippen LogP contribution in [0.15, 0.2) is 146 Å². The van der Waals surface area contributed by atoms with Gasteiger partial charge in [-0.25, -0.2) is 0 Å². The summed E-state index contributed by atoms with van der Waals surface area (Å²) in [6.45, 7) is 12.9. The third-order valence-corrected chi connectivity index (χ3v) is 8.42. The molecule has 0 aromatic carbocycles. The number of pyridine rings is 6. The quantitative estimate of drug-likeness (QED) is 0.0968. The number of unbranched alkanes of at least 4 members (excludes halogenated alkanes) is 6. The number of hydrogen-bond donors (Lipinski definition) is 0. The molecule has 0 spiro atoms. The monoisotopic (exact) mass is 769 g/mol. The highest BCUT2D eigenvalue weighted by Crippen LogP contribution is 2.05. The van der Waals surface area contributed by atoms with Crippen molar-refractivity contribution < 1.29 is 0 Å². The summed E-state index contributed by atoms with van der Waals surface area (Å²) in [7, 11) is 0. The number of nitrogens with zero attached hydrogens (tertiary/aromatic N) is 6. The highest BCUT2D eigenvalue weighted by Gasteiger charge is 1.93. The Morgan fingerprint density at radius 3 is 0.912 bits per heavy atom. The Labute approximate surface area is 347 Å². The van der Waals surface area contributed by atoms with Crippen molar-refractivity contribution in [2.24, 2.45) is 0 Å². The van der Waals surface area contributed by atoms with Crippen LogP contribution < -0.4 is 0 Å². The number of aryl methyl sites for hydroxylation is 6. The maximum absolute atomic E-state index is 4.28. The average Bonchev–Trinajstić information content (AvgIpc) is 3.28. The van der Waals surface area contributed by atoms with E-state index in [0.29, 0.717) is 0 Å². The molecule has 0 aliphatic heterocycles. The molecule has 57 heavy (non-hydrogen) atoms. The first-order valence-electron chi connectivity index (χ1n) is 21.4. The molecular weight excluding hydrogens is 697 g/mol. The Morgan fingerprint density at radius 1 is 0.298 bits per heavy atom. The van der Waals surface area contributed by atoms with Crippen molar-refractivity contribution in [3.05, 3.63) is 181 Å². The molecule has 6 heterocycles. The van der Waals surface area contributed by atoms with Gasteiger partial charge < -0.3 is 0 Å². The van der Waals surface area contributed by atoms with Crippen LogP contribution in [0.4, 0.5) is 0 Å². The first-order valence-corrected chi connectivity index (χ1v) is 21.4. The molecule has 6 rings (SSSR count). The molecule has 0 unspecified atom stereocenters. The fourth-order valence-electron chi connectivity index (χ4n) is 5.14. The van der Waals surface area contributed by atoms with Gasteiger partial charge in [-0.05, 0) is 131 Å². The first kappa shape index (κ1) is 49.9. The minimum absolute atomic E-state index is 1.03. The molecular formula is C51H72N6. The molecule has 6 aromatic rings. The minimum Gasteiger partial charge on any atom is -0.262 e. The van der Waals surface area contributed by atoms with Crippen molar-refractivity contribution in [1.82, 2.24) is 29.9 Å². The lowest BCUT2D eigenvalue weighted by Crippen LogP contribution is -1.88. The second kappa shape index (κ2) is 37.8. The minimum atomic E-state index is 1.03. The zero-order valence-corrected chi connectivity index (χ0v) is 36.1. The molecule has 0 saturated heterocycles. The molecule has 0 atom stereocenters. The van der Waals surface area contributed by atoms with Crippen molar-refractivity contribution >= 4 is 0 Å². The Morgan fingerprint density at radius 2 is 0.632 bits per heavy atom. The third kappa shape index (κ3) is 30.8. The molecule has 6 nitrogen and oxygen atoms in total. The molecule has 0 radical (unpaired) electrons. The van der Waals surface area contributed by atoms with Crippen molar-refractivity contribution in [3.8, 4) is 0 Å². The van der Waals surface area contributed by atoms with Gasteiger partial charge in [0.05, 0.1) is 0 Å². The summed E-state index contributed by atoms with van der Waals surface area (Å²) in [4.78, 5) is 25.0. The summed E-state index contributed by atoms with van der Waals surface area (Å²) in [5.74, 6) is 0. The summed E-state index contributed by atoms with van der Waals surface area (Å²) in [6.07, 6.45) is 29.4. The molecule has 0 saturated carbocycles. The van der Waals surface area contributed by atoms with Gasteiger partial charge in [0.1, 0.15) is 0 Å². The van der Waals surface area contributed by atoms with Crippen LogP contribution in [0.25, 0.3) is 0 Å². The van der Waals surface area contributed by atoms with E-state index in [-0.39, 0.29) is 0 Å². The Kier molecular flexibility index (Phi) is 33.1. The predicted molar refractivity (Wildman–Crippen MR) is 243 cm³/mol. The predicted octanol–water partition coefficient (Wildman–Crippen LogP) is 13.5. The van der Waals surface area contributed by atoms with Gasteiger partial charge in [-0.2, -0.15) is 0 Å². The van der Waals surface area contributed by atoms with Gasteiger partial charge in [0.15, 0.2) is 0 Å². The zero-order chi connectivity index (χ0) is 41.3. The van der Waals surface area contributed by atoms with Crippen LogP contribution in [0.1, 0.15) is 133 Å². The standard InChI is InChI=1S/C11H17N.C10H15N.C9H13N.C8H11N.C7H9N.C6H7N/c1-2-3-4-5-8-11-9-6-7-10-12-11;1-2-3-4-7-10-8-5-6-9-11-10;1-2-3-6-9-7-4-5-8-10-9;1-2-5-8-6-3-4-7-9-8;1-2-7-5-3-4-6-8-7;1-6-4-2-3-5-7-6/h6-7,9-10H,2-5,8H2,1H3;5-6,8-9H,2-4,7H2,1H3;4-5,7-8H,2-3,6H2,1H3;3-4,6-7H,2,5H2,1H3;3-6H,2H2,1H3;2-5H,1H3.